The van der Waals surface area contributed by atoms with E-state index in [0.717, 1.165) is 25.2 Å². The van der Waals surface area contributed by atoms with Crippen LogP contribution in [0.5, 0.6) is 0 Å². The number of fused-ring (bicyclic) bond motifs is 1. The summed E-state index contributed by atoms with van der Waals surface area (Å²) in [6, 6.07) is 6.06. The highest BCUT2D eigenvalue weighted by molar-refractivity contribution is 5.52. The smallest absolute Gasteiger partial charge is 0.129 e. The monoisotopic (exact) mass is 301 g/mol. The fraction of sp³-hybridized carbons (Fsp3) is 0.474. The average Bonchev–Trinajstić information content (AvgIpc) is 3.08. The number of aromatic nitrogens is 2. The predicted molar refractivity (Wildman–Crippen MR) is 97.5 cm³/mol. The quantitative estimate of drug-likeness (QED) is 0.800. The van der Waals surface area contributed by atoms with E-state index in [1.54, 1.807) is 6.20 Å². The van der Waals surface area contributed by atoms with Crippen molar-refractivity contribution in [3.63, 3.8) is 0 Å². The van der Waals surface area contributed by atoms with Crippen molar-refractivity contribution in [2.75, 3.05) is 11.9 Å². The Morgan fingerprint density at radius 2 is 1.82 bits per heavy atom. The number of pyridine rings is 2. The van der Waals surface area contributed by atoms with E-state index < -0.39 is 0 Å². The first-order valence-electron chi connectivity index (χ1n) is 8.38. The standard InChI is InChI=1S/C9H12N2.C6H7N.2C2H6/c1-2-7-3-5-10-9-8(7)4-6-11-9;1-6-3-2-4-7-5-6;2*1-2/h3,5H,2,4,6H2,1H3,(H,10,11);2-5H,1H3;2*1-2H3. The lowest BCUT2D eigenvalue weighted by Crippen LogP contribution is -1.92. The molecule has 0 radical (unpaired) electrons. The molecule has 0 unspecified atom stereocenters. The van der Waals surface area contributed by atoms with Crippen molar-refractivity contribution in [1.82, 2.24) is 9.97 Å². The lowest BCUT2D eigenvalue weighted by molar-refractivity contribution is 1.04. The van der Waals surface area contributed by atoms with E-state index in [2.05, 4.69) is 28.3 Å². The largest absolute Gasteiger partial charge is 0.370 e. The normalized spacial score (nSPS) is 10.5. The summed E-state index contributed by atoms with van der Waals surface area (Å²) < 4.78 is 0. The summed E-state index contributed by atoms with van der Waals surface area (Å²) in [5.41, 5.74) is 4.08. The molecule has 0 bridgehead atoms. The molecule has 3 heterocycles. The van der Waals surface area contributed by atoms with Gasteiger partial charge < -0.3 is 5.32 Å². The summed E-state index contributed by atoms with van der Waals surface area (Å²) in [5.74, 6) is 1.10. The van der Waals surface area contributed by atoms with Gasteiger partial charge in [0.05, 0.1) is 0 Å². The van der Waals surface area contributed by atoms with Crippen molar-refractivity contribution in [3.8, 4) is 0 Å². The van der Waals surface area contributed by atoms with E-state index in [4.69, 9.17) is 0 Å². The first-order chi connectivity index (χ1) is 10.8. The van der Waals surface area contributed by atoms with Gasteiger partial charge in [-0.25, -0.2) is 4.98 Å². The average molecular weight is 301 g/mol. The molecule has 0 atom stereocenters. The molecule has 122 valence electrons. The number of hydrogen-bond acceptors (Lipinski definition) is 3. The zero-order valence-corrected chi connectivity index (χ0v) is 15.0. The zero-order chi connectivity index (χ0) is 16.8. The molecule has 22 heavy (non-hydrogen) atoms. The fourth-order valence-electron chi connectivity index (χ4n) is 2.05. The Kier molecular flexibility index (Phi) is 11.7. The van der Waals surface area contributed by atoms with Crippen LogP contribution in [0.3, 0.4) is 0 Å². The van der Waals surface area contributed by atoms with Crippen molar-refractivity contribution in [1.29, 1.82) is 0 Å². The Balaban J connectivity index is 0.000000348. The second-order valence-electron chi connectivity index (χ2n) is 4.36. The Morgan fingerprint density at radius 1 is 1.09 bits per heavy atom. The van der Waals surface area contributed by atoms with Crippen LogP contribution in [-0.4, -0.2) is 16.5 Å². The highest BCUT2D eigenvalue weighted by Crippen LogP contribution is 2.22. The van der Waals surface area contributed by atoms with E-state index in [1.807, 2.05) is 59.1 Å². The third-order valence-corrected chi connectivity index (χ3v) is 3.01. The minimum Gasteiger partial charge on any atom is -0.370 e. The van der Waals surface area contributed by atoms with Gasteiger partial charge in [0.25, 0.3) is 0 Å². The lowest BCUT2D eigenvalue weighted by Gasteiger charge is -2.02. The van der Waals surface area contributed by atoms with Gasteiger partial charge in [0.2, 0.25) is 0 Å². The van der Waals surface area contributed by atoms with Gasteiger partial charge in [-0.2, -0.15) is 0 Å². The maximum Gasteiger partial charge on any atom is 0.129 e. The summed E-state index contributed by atoms with van der Waals surface area (Å²) in [6.45, 7) is 13.3. The van der Waals surface area contributed by atoms with Crippen molar-refractivity contribution in [2.45, 2.75) is 54.4 Å². The van der Waals surface area contributed by atoms with Crippen molar-refractivity contribution >= 4 is 5.82 Å². The minimum atomic E-state index is 1.05. The molecule has 0 aliphatic carbocycles. The first kappa shape index (κ1) is 20.1. The number of nitrogens with one attached hydrogen (secondary N) is 1. The van der Waals surface area contributed by atoms with Crippen LogP contribution in [0, 0.1) is 6.92 Å². The lowest BCUT2D eigenvalue weighted by atomic mass is 10.1. The first-order valence-corrected chi connectivity index (χ1v) is 8.38. The van der Waals surface area contributed by atoms with E-state index in [9.17, 15) is 0 Å². The number of rotatable bonds is 1. The molecule has 0 amide bonds. The Bertz CT molecular complexity index is 495. The zero-order valence-electron chi connectivity index (χ0n) is 15.0. The number of nitrogens with zero attached hydrogens (tertiary/aromatic N) is 2. The fourth-order valence-corrected chi connectivity index (χ4v) is 2.05. The molecule has 1 aliphatic heterocycles. The Morgan fingerprint density at radius 3 is 2.32 bits per heavy atom. The second-order valence-corrected chi connectivity index (χ2v) is 4.36. The van der Waals surface area contributed by atoms with Crippen LogP contribution in [-0.2, 0) is 12.8 Å². The van der Waals surface area contributed by atoms with Crippen LogP contribution in [0.1, 0.15) is 51.3 Å². The summed E-state index contributed by atoms with van der Waals surface area (Å²) in [5, 5.41) is 3.26. The van der Waals surface area contributed by atoms with Crippen LogP contribution in [0.25, 0.3) is 0 Å². The van der Waals surface area contributed by atoms with Crippen molar-refractivity contribution in [3.05, 3.63) is 53.5 Å². The molecular weight excluding hydrogens is 270 g/mol. The molecule has 2 aromatic heterocycles. The highest BCUT2D eigenvalue weighted by atomic mass is 15.0. The molecular formula is C19H31N3. The molecule has 0 spiro atoms. The Hall–Kier alpha value is -1.90. The number of aryl methyl sites for hydroxylation is 2. The van der Waals surface area contributed by atoms with E-state index in [-0.39, 0.29) is 0 Å². The van der Waals surface area contributed by atoms with Gasteiger partial charge >= 0.3 is 0 Å². The third-order valence-electron chi connectivity index (χ3n) is 3.01. The van der Waals surface area contributed by atoms with Gasteiger partial charge in [0.1, 0.15) is 5.82 Å². The van der Waals surface area contributed by atoms with E-state index >= 15 is 0 Å². The maximum atomic E-state index is 4.26. The van der Waals surface area contributed by atoms with Crippen LogP contribution in [0.4, 0.5) is 5.82 Å². The second kappa shape index (κ2) is 12.8. The number of hydrogen-bond donors (Lipinski definition) is 1. The Labute approximate surface area is 136 Å². The molecule has 3 nitrogen and oxygen atoms in total. The van der Waals surface area contributed by atoms with Crippen LogP contribution >= 0.6 is 0 Å². The van der Waals surface area contributed by atoms with Crippen molar-refractivity contribution < 1.29 is 0 Å². The molecule has 2 aromatic rings. The van der Waals surface area contributed by atoms with Gasteiger partial charge in [-0.05, 0) is 48.6 Å². The summed E-state index contributed by atoms with van der Waals surface area (Å²) >= 11 is 0. The maximum absolute atomic E-state index is 4.26. The van der Waals surface area contributed by atoms with Gasteiger partial charge in [-0.1, -0.05) is 40.7 Å². The van der Waals surface area contributed by atoms with Crippen molar-refractivity contribution in [2.24, 2.45) is 0 Å². The van der Waals surface area contributed by atoms with Gasteiger partial charge in [0.15, 0.2) is 0 Å². The van der Waals surface area contributed by atoms with Gasteiger partial charge in [-0.15, -0.1) is 0 Å². The topological polar surface area (TPSA) is 37.8 Å². The molecule has 0 fully saturated rings. The molecule has 0 saturated heterocycles. The molecule has 1 aliphatic rings. The van der Waals surface area contributed by atoms with Crippen LogP contribution in [0.15, 0.2) is 36.8 Å². The van der Waals surface area contributed by atoms with Crippen LogP contribution < -0.4 is 5.32 Å². The molecule has 3 rings (SSSR count). The van der Waals surface area contributed by atoms with E-state index in [0.29, 0.717) is 0 Å². The minimum absolute atomic E-state index is 1.05. The van der Waals surface area contributed by atoms with Crippen LogP contribution in [0.2, 0.25) is 0 Å². The molecule has 3 heteroatoms. The SMILES string of the molecule is CC.CC.CCc1ccnc2c1CCN2.Cc1cccnc1. The van der Waals surface area contributed by atoms with Gasteiger partial charge in [0, 0.05) is 25.1 Å². The molecule has 0 saturated carbocycles. The third kappa shape index (κ3) is 6.70. The summed E-state index contributed by atoms with van der Waals surface area (Å²) in [6.07, 6.45) is 7.75. The van der Waals surface area contributed by atoms with Gasteiger partial charge in [-0.3, -0.25) is 4.98 Å². The molecule has 0 aromatic carbocycles. The van der Waals surface area contributed by atoms with E-state index in [1.165, 1.54) is 16.7 Å². The summed E-state index contributed by atoms with van der Waals surface area (Å²) in [7, 11) is 0. The molecule has 1 N–H and O–H groups in total. The number of anilines is 1. The highest BCUT2D eigenvalue weighted by Gasteiger charge is 2.13. The predicted octanol–water partition coefficient (Wildman–Crippen LogP) is 5.05. The summed E-state index contributed by atoms with van der Waals surface area (Å²) in [4.78, 5) is 8.14.